The predicted molar refractivity (Wildman–Crippen MR) is 26.7 cm³/mol. The van der Waals surface area contributed by atoms with Crippen LogP contribution in [-0.4, -0.2) is 10.5 Å². The van der Waals surface area contributed by atoms with Gasteiger partial charge >= 0.3 is 0 Å². The summed E-state index contributed by atoms with van der Waals surface area (Å²) in [6.07, 6.45) is 4.69. The van der Waals surface area contributed by atoms with E-state index in [1.807, 2.05) is 0 Å². The summed E-state index contributed by atoms with van der Waals surface area (Å²) in [5, 5.41) is 2.16. The van der Waals surface area contributed by atoms with Crippen LogP contribution < -0.4 is 0 Å². The molecular formula is C5H4S. The molecule has 3 aliphatic rings. The van der Waals surface area contributed by atoms with Crippen molar-refractivity contribution >= 4 is 11.8 Å². The second kappa shape index (κ2) is 0.374. The molecule has 0 amide bonds. The third kappa shape index (κ3) is 0.0878. The third-order valence-electron chi connectivity index (χ3n) is 1.92. The first kappa shape index (κ1) is 2.41. The number of hydrogen-bond donors (Lipinski definition) is 0. The quantitative estimate of drug-likeness (QED) is 0.321. The molecule has 30 valence electrons. The minimum absolute atomic E-state index is 0.769. The lowest BCUT2D eigenvalue weighted by atomic mass is 10.4. The lowest BCUT2D eigenvalue weighted by Crippen LogP contribution is -1.84. The molecule has 0 bridgehead atoms. The first-order chi connectivity index (χ1) is 2.93. The molecule has 1 saturated carbocycles. The monoisotopic (exact) mass is 96.0 g/mol. The molecule has 0 nitrogen and oxygen atoms in total. The van der Waals surface area contributed by atoms with Crippen molar-refractivity contribution in [3.05, 3.63) is 12.2 Å². The number of fused-ring (bicyclic) bond motifs is 3. The van der Waals surface area contributed by atoms with E-state index in [-0.39, 0.29) is 0 Å². The fourth-order valence-electron chi connectivity index (χ4n) is 1.11. The zero-order valence-corrected chi connectivity index (χ0v) is 4.03. The zero-order chi connectivity index (χ0) is 3.78. The smallest absolute Gasteiger partial charge is 0.0322 e. The first-order valence-electron chi connectivity index (χ1n) is 2.29. The molecule has 0 radical (unpaired) electrons. The Morgan fingerprint density at radius 1 is 1.33 bits per heavy atom. The van der Waals surface area contributed by atoms with Gasteiger partial charge in [0.2, 0.25) is 0 Å². The summed E-state index contributed by atoms with van der Waals surface area (Å²) in [6.45, 7) is 0. The van der Waals surface area contributed by atoms with Gasteiger partial charge in [-0.25, -0.2) is 0 Å². The molecule has 0 N–H and O–H groups in total. The van der Waals surface area contributed by atoms with Crippen LogP contribution in [0.2, 0.25) is 0 Å². The molecular weight excluding hydrogens is 92.1 g/mol. The normalized spacial score (nSPS) is 61.3. The Balaban J connectivity index is 2.18. The van der Waals surface area contributed by atoms with Gasteiger partial charge in [-0.3, -0.25) is 0 Å². The SMILES string of the molecule is C1=CC12[C@@H]1S[C@@H]12. The molecule has 0 aromatic rings. The van der Waals surface area contributed by atoms with Crippen molar-refractivity contribution in [3.8, 4) is 0 Å². The maximum atomic E-state index is 2.35. The second-order valence-corrected chi connectivity index (χ2v) is 3.60. The number of allylic oxidation sites excluding steroid dienone is 2. The lowest BCUT2D eigenvalue weighted by Gasteiger charge is -1.89. The van der Waals surface area contributed by atoms with Crippen LogP contribution in [0.1, 0.15) is 0 Å². The van der Waals surface area contributed by atoms with Crippen LogP contribution in [0.25, 0.3) is 0 Å². The Kier molecular flexibility index (Phi) is 0.150. The molecule has 1 spiro atoms. The maximum Gasteiger partial charge on any atom is 0.0322 e. The molecule has 1 aliphatic heterocycles. The number of thioether (sulfide) groups is 1. The third-order valence-corrected chi connectivity index (χ3v) is 3.55. The number of hydrogen-bond acceptors (Lipinski definition) is 1. The first-order valence-corrected chi connectivity index (χ1v) is 3.24. The van der Waals surface area contributed by atoms with Crippen LogP contribution in [-0.2, 0) is 0 Å². The van der Waals surface area contributed by atoms with E-state index in [1.165, 1.54) is 0 Å². The molecule has 0 aromatic heterocycles. The largest absolute Gasteiger partial charge is 0.150 e. The molecule has 1 heteroatoms. The summed E-state index contributed by atoms with van der Waals surface area (Å²) < 4.78 is 0. The van der Waals surface area contributed by atoms with Crippen LogP contribution >= 0.6 is 11.8 Å². The van der Waals surface area contributed by atoms with Crippen LogP contribution in [0, 0.1) is 5.41 Å². The van der Waals surface area contributed by atoms with Gasteiger partial charge in [0.25, 0.3) is 0 Å². The van der Waals surface area contributed by atoms with E-state index in [4.69, 9.17) is 0 Å². The van der Waals surface area contributed by atoms with Crippen molar-refractivity contribution in [1.82, 2.24) is 0 Å². The Hall–Kier alpha value is 0.0900. The average Bonchev–Trinajstić information content (AvgIpc) is 2.30. The van der Waals surface area contributed by atoms with Gasteiger partial charge < -0.3 is 0 Å². The minimum atomic E-state index is 0.769. The van der Waals surface area contributed by atoms with E-state index >= 15 is 0 Å². The second-order valence-electron chi connectivity index (χ2n) is 2.31. The lowest BCUT2D eigenvalue weighted by molar-refractivity contribution is 0.993. The van der Waals surface area contributed by atoms with Crippen molar-refractivity contribution < 1.29 is 0 Å². The molecule has 1 heterocycles. The topological polar surface area (TPSA) is 0 Å². The Bertz CT molecular complexity index is 132. The highest BCUT2D eigenvalue weighted by atomic mass is 32.2. The van der Waals surface area contributed by atoms with Crippen LogP contribution in [0.3, 0.4) is 0 Å². The van der Waals surface area contributed by atoms with Crippen LogP contribution in [0.15, 0.2) is 12.2 Å². The van der Waals surface area contributed by atoms with E-state index in [9.17, 15) is 0 Å². The zero-order valence-electron chi connectivity index (χ0n) is 3.22. The summed E-state index contributed by atoms with van der Waals surface area (Å²) >= 11 is 2.13. The predicted octanol–water partition coefficient (Wildman–Crippen LogP) is 1.04. The fraction of sp³-hybridized carbons (Fsp3) is 0.600. The van der Waals surface area contributed by atoms with Crippen molar-refractivity contribution in [2.75, 3.05) is 0 Å². The summed E-state index contributed by atoms with van der Waals surface area (Å²) in [6, 6.07) is 0. The highest BCUT2D eigenvalue weighted by molar-refractivity contribution is 8.09. The average molecular weight is 96.2 g/mol. The fourth-order valence-corrected chi connectivity index (χ4v) is 2.50. The van der Waals surface area contributed by atoms with Gasteiger partial charge in [0.15, 0.2) is 0 Å². The van der Waals surface area contributed by atoms with E-state index in [0.29, 0.717) is 0 Å². The van der Waals surface area contributed by atoms with Gasteiger partial charge in [-0.1, -0.05) is 12.2 Å². The summed E-state index contributed by atoms with van der Waals surface area (Å²) in [7, 11) is 0. The van der Waals surface area contributed by atoms with E-state index in [1.54, 1.807) is 0 Å². The number of rotatable bonds is 0. The van der Waals surface area contributed by atoms with E-state index < -0.39 is 0 Å². The van der Waals surface area contributed by atoms with Crippen molar-refractivity contribution in [3.63, 3.8) is 0 Å². The molecule has 1 saturated heterocycles. The Morgan fingerprint density at radius 2 is 2.00 bits per heavy atom. The molecule has 3 rings (SSSR count). The van der Waals surface area contributed by atoms with E-state index in [0.717, 1.165) is 15.9 Å². The van der Waals surface area contributed by atoms with Gasteiger partial charge in [-0.2, -0.15) is 11.8 Å². The van der Waals surface area contributed by atoms with Crippen LogP contribution in [0.4, 0.5) is 0 Å². The summed E-state index contributed by atoms with van der Waals surface area (Å²) in [5.41, 5.74) is 0.769. The van der Waals surface area contributed by atoms with E-state index in [2.05, 4.69) is 23.9 Å². The van der Waals surface area contributed by atoms with Gasteiger partial charge in [-0.15, -0.1) is 0 Å². The van der Waals surface area contributed by atoms with Gasteiger partial charge in [-0.05, 0) is 0 Å². The summed E-state index contributed by atoms with van der Waals surface area (Å²) in [4.78, 5) is 0. The minimum Gasteiger partial charge on any atom is -0.150 e. The molecule has 2 fully saturated rings. The van der Waals surface area contributed by atoms with Gasteiger partial charge in [0, 0.05) is 15.9 Å². The standard InChI is InChI=1S/C5H4S/c1-2-5(1)3-4(5)6-3/h1-4H/t3-,4+. The molecule has 2 aliphatic carbocycles. The molecule has 6 heavy (non-hydrogen) atoms. The van der Waals surface area contributed by atoms with Gasteiger partial charge in [0.1, 0.15) is 0 Å². The molecule has 0 unspecified atom stereocenters. The Morgan fingerprint density at radius 3 is 2.00 bits per heavy atom. The maximum absolute atomic E-state index is 2.35. The highest BCUT2D eigenvalue weighted by Crippen LogP contribution is 2.83. The van der Waals surface area contributed by atoms with Crippen molar-refractivity contribution in [1.29, 1.82) is 0 Å². The highest BCUT2D eigenvalue weighted by Gasteiger charge is 2.80. The summed E-state index contributed by atoms with van der Waals surface area (Å²) in [5.74, 6) is 0. The Labute approximate surface area is 40.6 Å². The molecule has 2 atom stereocenters. The van der Waals surface area contributed by atoms with Crippen molar-refractivity contribution in [2.45, 2.75) is 10.5 Å². The van der Waals surface area contributed by atoms with Gasteiger partial charge in [0.05, 0.1) is 0 Å². The van der Waals surface area contributed by atoms with Crippen LogP contribution in [0.5, 0.6) is 0 Å². The van der Waals surface area contributed by atoms with Crippen molar-refractivity contribution in [2.24, 2.45) is 5.41 Å². The molecule has 0 aromatic carbocycles.